The molecule has 4 unspecified atom stereocenters. The molecule has 0 aliphatic carbocycles. The number of ketones is 1. The van der Waals surface area contributed by atoms with E-state index in [0.717, 1.165) is 63.2 Å². The Morgan fingerprint density at radius 3 is 1.17 bits per heavy atom. The first-order valence-corrected chi connectivity index (χ1v) is 17.9. The third-order valence-electron chi connectivity index (χ3n) is 8.78. The van der Waals surface area contributed by atoms with Gasteiger partial charge >= 0.3 is 0 Å². The van der Waals surface area contributed by atoms with Crippen molar-refractivity contribution >= 4 is 5.78 Å². The fourth-order valence-electron chi connectivity index (χ4n) is 5.89. The molecule has 0 aromatic rings. The second-order valence-electron chi connectivity index (χ2n) is 15.3. The van der Waals surface area contributed by atoms with E-state index in [1.165, 1.54) is 60.8 Å². The first-order chi connectivity index (χ1) is 19.7. The third-order valence-corrected chi connectivity index (χ3v) is 8.78. The zero-order valence-corrected chi connectivity index (χ0v) is 30.6. The predicted octanol–water partition coefficient (Wildman–Crippen LogP) is 13.7. The number of carbonyl (C=O) groups is 1. The van der Waals surface area contributed by atoms with Gasteiger partial charge in [-0.15, -0.1) is 0 Å². The first kappa shape index (κ1) is 40.6. The molecule has 0 heterocycles. The minimum Gasteiger partial charge on any atom is -0.298 e. The minimum absolute atomic E-state index is 0.0346. The molecule has 1 nitrogen and oxygen atoms in total. The highest BCUT2D eigenvalue weighted by atomic mass is 16.1. The maximum atomic E-state index is 14.4. The van der Waals surface area contributed by atoms with E-state index in [0.29, 0.717) is 17.6 Å². The summed E-state index contributed by atoms with van der Waals surface area (Å²) >= 11 is 0. The Morgan fingerprint density at radius 2 is 0.857 bits per heavy atom. The van der Waals surface area contributed by atoms with Crippen LogP contribution in [-0.2, 0) is 4.79 Å². The van der Waals surface area contributed by atoms with Crippen molar-refractivity contribution in [3.63, 3.8) is 0 Å². The van der Waals surface area contributed by atoms with Gasteiger partial charge in [0, 0.05) is 11.8 Å². The van der Waals surface area contributed by atoms with Crippen LogP contribution in [-0.4, -0.2) is 5.78 Å². The van der Waals surface area contributed by atoms with Crippen LogP contribution in [0.25, 0.3) is 0 Å². The van der Waals surface area contributed by atoms with Crippen LogP contribution in [0.5, 0.6) is 0 Å². The molecule has 1 heteroatoms. The topological polar surface area (TPSA) is 17.1 Å². The molecule has 0 radical (unpaired) electrons. The Hall–Kier alpha value is -1.37. The van der Waals surface area contributed by atoms with Gasteiger partial charge in [0.1, 0.15) is 5.78 Å². The molecule has 42 heavy (non-hydrogen) atoms. The van der Waals surface area contributed by atoms with Crippen LogP contribution in [0, 0.1) is 35.5 Å². The lowest BCUT2D eigenvalue weighted by atomic mass is 9.81. The molecule has 0 N–H and O–H groups in total. The van der Waals surface area contributed by atoms with Crippen LogP contribution in [0.1, 0.15) is 173 Å². The molecule has 244 valence electrons. The van der Waals surface area contributed by atoms with Crippen molar-refractivity contribution in [1.29, 1.82) is 0 Å². The highest BCUT2D eigenvalue weighted by Crippen LogP contribution is 2.29. The SMILES string of the molecule is CC(C)=CCC/C(C)=C/C(CCC(C)CCCC(C)C)C(=O)C(/C=C(\C)CCC=C(C)C)CCC(C)CCCC(C)C. The van der Waals surface area contributed by atoms with Gasteiger partial charge in [-0.05, 0) is 117 Å². The van der Waals surface area contributed by atoms with Gasteiger partial charge < -0.3 is 0 Å². The van der Waals surface area contributed by atoms with E-state index >= 15 is 0 Å². The molecule has 0 saturated heterocycles. The summed E-state index contributed by atoms with van der Waals surface area (Å²) in [7, 11) is 0. The zero-order valence-electron chi connectivity index (χ0n) is 30.6. The average Bonchev–Trinajstić information content (AvgIpc) is 2.87. The molecule has 0 spiro atoms. The molecule has 4 atom stereocenters. The van der Waals surface area contributed by atoms with Crippen molar-refractivity contribution in [3.8, 4) is 0 Å². The maximum Gasteiger partial charge on any atom is 0.146 e. The van der Waals surface area contributed by atoms with Crippen molar-refractivity contribution in [2.24, 2.45) is 35.5 Å². The molecule has 0 rings (SSSR count). The smallest absolute Gasteiger partial charge is 0.146 e. The molecular weight excluding hydrogens is 508 g/mol. The molecule has 0 saturated carbocycles. The molecule has 0 fully saturated rings. The van der Waals surface area contributed by atoms with Crippen LogP contribution >= 0.6 is 0 Å². The lowest BCUT2D eigenvalue weighted by Crippen LogP contribution is -2.23. The van der Waals surface area contributed by atoms with E-state index in [-0.39, 0.29) is 11.8 Å². The van der Waals surface area contributed by atoms with Gasteiger partial charge in [0.2, 0.25) is 0 Å². The number of hydrogen-bond acceptors (Lipinski definition) is 1. The van der Waals surface area contributed by atoms with E-state index < -0.39 is 0 Å². The summed E-state index contributed by atoms with van der Waals surface area (Å²) in [4.78, 5) is 14.4. The van der Waals surface area contributed by atoms with Crippen molar-refractivity contribution in [2.45, 2.75) is 173 Å². The largest absolute Gasteiger partial charge is 0.298 e. The number of carbonyl (C=O) groups excluding carboxylic acids is 1. The normalized spacial score (nSPS) is 15.5. The van der Waals surface area contributed by atoms with Crippen molar-refractivity contribution in [3.05, 3.63) is 46.6 Å². The first-order valence-electron chi connectivity index (χ1n) is 17.9. The van der Waals surface area contributed by atoms with E-state index in [2.05, 4.69) is 107 Å². The lowest BCUT2D eigenvalue weighted by molar-refractivity contribution is -0.124. The van der Waals surface area contributed by atoms with Gasteiger partial charge in [-0.3, -0.25) is 4.79 Å². The second kappa shape index (κ2) is 24.0. The summed E-state index contributed by atoms with van der Waals surface area (Å²) in [5, 5.41) is 0. The average molecular weight is 583 g/mol. The Kier molecular flexibility index (Phi) is 23.2. The van der Waals surface area contributed by atoms with Crippen molar-refractivity contribution < 1.29 is 4.79 Å². The Balaban J connectivity index is 5.87. The van der Waals surface area contributed by atoms with Crippen LogP contribution in [0.4, 0.5) is 0 Å². The van der Waals surface area contributed by atoms with Crippen molar-refractivity contribution in [1.82, 2.24) is 0 Å². The Morgan fingerprint density at radius 1 is 0.500 bits per heavy atom. The maximum absolute atomic E-state index is 14.4. The van der Waals surface area contributed by atoms with E-state index in [1.807, 2.05) is 0 Å². The predicted molar refractivity (Wildman–Crippen MR) is 191 cm³/mol. The molecule has 0 aromatic carbocycles. The summed E-state index contributed by atoms with van der Waals surface area (Å²) in [5.41, 5.74) is 5.51. The van der Waals surface area contributed by atoms with Crippen LogP contribution in [0.3, 0.4) is 0 Å². The molecular formula is C41H74O. The second-order valence-corrected chi connectivity index (χ2v) is 15.3. The van der Waals surface area contributed by atoms with Crippen molar-refractivity contribution in [2.75, 3.05) is 0 Å². The molecule has 0 aliphatic heterocycles. The summed E-state index contributed by atoms with van der Waals surface area (Å²) in [6.45, 7) is 27.3. The summed E-state index contributed by atoms with van der Waals surface area (Å²) in [6.07, 6.45) is 25.7. The highest BCUT2D eigenvalue weighted by molar-refractivity contribution is 5.86. The van der Waals surface area contributed by atoms with Crippen LogP contribution < -0.4 is 0 Å². The number of hydrogen-bond donors (Lipinski definition) is 0. The van der Waals surface area contributed by atoms with Crippen LogP contribution in [0.15, 0.2) is 46.6 Å². The van der Waals surface area contributed by atoms with E-state index in [9.17, 15) is 4.79 Å². The van der Waals surface area contributed by atoms with E-state index in [4.69, 9.17) is 0 Å². The highest BCUT2D eigenvalue weighted by Gasteiger charge is 2.25. The number of rotatable bonds is 24. The zero-order chi connectivity index (χ0) is 32.1. The fourth-order valence-corrected chi connectivity index (χ4v) is 5.89. The Labute approximate surface area is 265 Å². The number of allylic oxidation sites excluding steroid dienone is 8. The Bertz CT molecular complexity index is 757. The summed E-state index contributed by atoms with van der Waals surface area (Å²) in [5.74, 6) is 3.45. The molecule has 0 amide bonds. The van der Waals surface area contributed by atoms with Gasteiger partial charge in [0.15, 0.2) is 0 Å². The minimum atomic E-state index is 0.0346. The van der Waals surface area contributed by atoms with Gasteiger partial charge in [-0.1, -0.05) is 127 Å². The van der Waals surface area contributed by atoms with Gasteiger partial charge in [-0.25, -0.2) is 0 Å². The molecule has 0 bridgehead atoms. The number of Topliss-reactive ketones (excluding diaryl/α,β-unsaturated/α-hetero) is 1. The molecule has 0 aromatic heterocycles. The summed E-state index contributed by atoms with van der Waals surface area (Å²) < 4.78 is 0. The third kappa shape index (κ3) is 23.1. The monoisotopic (exact) mass is 583 g/mol. The standard InChI is InChI=1S/C41H74O/c1-31(2)17-13-21-35(9)25-27-39(29-37(11)23-15-19-33(5)6)41(42)40(30-38(12)24-16-20-34(7)8)28-26-36(10)22-14-18-32(3)4/h19-20,29-32,35-36,39-40H,13-18,21-28H2,1-12H3/b37-29+,38-30+. The molecule has 0 aliphatic rings. The lowest BCUT2D eigenvalue weighted by Gasteiger charge is -2.23. The van der Waals surface area contributed by atoms with E-state index in [1.54, 1.807) is 0 Å². The quantitative estimate of drug-likeness (QED) is 0.103. The van der Waals surface area contributed by atoms with Gasteiger partial charge in [0.05, 0.1) is 0 Å². The van der Waals surface area contributed by atoms with Gasteiger partial charge in [-0.2, -0.15) is 0 Å². The fraction of sp³-hybridized carbons (Fsp3) is 0.780. The van der Waals surface area contributed by atoms with Crippen LogP contribution in [0.2, 0.25) is 0 Å². The van der Waals surface area contributed by atoms with Gasteiger partial charge in [0.25, 0.3) is 0 Å². The summed E-state index contributed by atoms with van der Waals surface area (Å²) in [6, 6.07) is 0.